The third-order valence-corrected chi connectivity index (χ3v) is 4.60. The zero-order chi connectivity index (χ0) is 16.9. The predicted molar refractivity (Wildman–Crippen MR) is 97.5 cm³/mol. The molecule has 2 aromatic carbocycles. The van der Waals surface area contributed by atoms with Crippen LogP contribution in [-0.2, 0) is 11.2 Å². The summed E-state index contributed by atoms with van der Waals surface area (Å²) in [6.07, 6.45) is 2.24. The molecular formula is C18H17N3O2S. The molecule has 0 spiro atoms. The van der Waals surface area contributed by atoms with Crippen LogP contribution in [0.25, 0.3) is 0 Å². The number of aryl methyl sites for hydroxylation is 1. The molecule has 1 amide bonds. The van der Waals surface area contributed by atoms with Crippen LogP contribution < -0.4 is 5.32 Å². The van der Waals surface area contributed by atoms with Gasteiger partial charge in [0, 0.05) is 0 Å². The number of amidine groups is 1. The van der Waals surface area contributed by atoms with Gasteiger partial charge in [0.05, 0.1) is 11.5 Å². The van der Waals surface area contributed by atoms with Gasteiger partial charge < -0.3 is 10.4 Å². The topological polar surface area (TPSA) is 74.1 Å². The summed E-state index contributed by atoms with van der Waals surface area (Å²) < 4.78 is 0. The molecule has 1 atom stereocenters. The van der Waals surface area contributed by atoms with Crippen molar-refractivity contribution in [2.24, 2.45) is 10.2 Å². The maximum absolute atomic E-state index is 12.1. The highest BCUT2D eigenvalue weighted by Crippen LogP contribution is 2.23. The second kappa shape index (κ2) is 7.31. The number of rotatable bonds is 4. The summed E-state index contributed by atoms with van der Waals surface area (Å²) in [7, 11) is 0. The van der Waals surface area contributed by atoms with E-state index in [9.17, 15) is 9.90 Å². The number of carbonyl (C=O) groups is 1. The fourth-order valence-corrected chi connectivity index (χ4v) is 3.31. The molecule has 0 aliphatic carbocycles. The van der Waals surface area contributed by atoms with Crippen molar-refractivity contribution in [3.8, 4) is 5.75 Å². The fraction of sp³-hybridized carbons (Fsp3) is 0.167. The second-order valence-corrected chi connectivity index (χ2v) is 6.72. The Hall–Kier alpha value is -2.60. The van der Waals surface area contributed by atoms with Crippen molar-refractivity contribution in [3.05, 3.63) is 65.2 Å². The van der Waals surface area contributed by atoms with E-state index in [0.717, 1.165) is 11.1 Å². The molecule has 2 N–H and O–H groups in total. The summed E-state index contributed by atoms with van der Waals surface area (Å²) in [6, 6.07) is 14.8. The quantitative estimate of drug-likeness (QED) is 0.664. The number of nitrogens with one attached hydrogen (secondary N) is 1. The van der Waals surface area contributed by atoms with E-state index in [1.807, 2.05) is 25.1 Å². The van der Waals surface area contributed by atoms with Crippen molar-refractivity contribution in [1.29, 1.82) is 0 Å². The Kier molecular flexibility index (Phi) is 4.96. The summed E-state index contributed by atoms with van der Waals surface area (Å²) in [5, 5.41) is 20.3. The van der Waals surface area contributed by atoms with Crippen LogP contribution in [-0.4, -0.2) is 27.6 Å². The van der Waals surface area contributed by atoms with Crippen LogP contribution >= 0.6 is 11.8 Å². The summed E-state index contributed by atoms with van der Waals surface area (Å²) >= 11 is 1.39. The first-order valence-corrected chi connectivity index (χ1v) is 8.41. The van der Waals surface area contributed by atoms with Gasteiger partial charge in [-0.15, -0.1) is 5.10 Å². The average molecular weight is 339 g/mol. The van der Waals surface area contributed by atoms with E-state index in [2.05, 4.69) is 21.6 Å². The van der Waals surface area contributed by atoms with Gasteiger partial charge in [-0.2, -0.15) is 5.10 Å². The van der Waals surface area contributed by atoms with Gasteiger partial charge in [0.1, 0.15) is 5.75 Å². The van der Waals surface area contributed by atoms with Gasteiger partial charge in [0.25, 0.3) is 0 Å². The lowest BCUT2D eigenvalue weighted by Crippen LogP contribution is -2.25. The maximum Gasteiger partial charge on any atom is 0.239 e. The van der Waals surface area contributed by atoms with E-state index in [-0.39, 0.29) is 16.9 Å². The Morgan fingerprint density at radius 2 is 2.04 bits per heavy atom. The molecule has 0 aromatic heterocycles. The van der Waals surface area contributed by atoms with Crippen molar-refractivity contribution in [2.75, 3.05) is 0 Å². The van der Waals surface area contributed by atoms with E-state index in [4.69, 9.17) is 0 Å². The number of thioether (sulfide) groups is 1. The number of aromatic hydroxyl groups is 1. The molecule has 1 aliphatic heterocycles. The number of hydrogen-bond acceptors (Lipinski definition) is 5. The van der Waals surface area contributed by atoms with Gasteiger partial charge in [-0.05, 0) is 48.7 Å². The minimum Gasteiger partial charge on any atom is -0.508 e. The van der Waals surface area contributed by atoms with E-state index in [1.54, 1.807) is 30.5 Å². The van der Waals surface area contributed by atoms with Gasteiger partial charge in [-0.3, -0.25) is 4.79 Å². The highest BCUT2D eigenvalue weighted by atomic mass is 32.2. The minimum atomic E-state index is -0.186. The minimum absolute atomic E-state index is 0.0416. The van der Waals surface area contributed by atoms with Gasteiger partial charge in [-0.1, -0.05) is 41.6 Å². The summed E-state index contributed by atoms with van der Waals surface area (Å²) in [5.74, 6) is 0.163. The Morgan fingerprint density at radius 3 is 2.79 bits per heavy atom. The number of carbonyl (C=O) groups excluding carboxylic acids is 1. The molecule has 24 heavy (non-hydrogen) atoms. The summed E-state index contributed by atoms with van der Waals surface area (Å²) in [5.41, 5.74) is 3.14. The number of amides is 1. The lowest BCUT2D eigenvalue weighted by atomic mass is 10.1. The van der Waals surface area contributed by atoms with Crippen LogP contribution in [0.2, 0.25) is 0 Å². The van der Waals surface area contributed by atoms with Crippen LogP contribution in [0.3, 0.4) is 0 Å². The van der Waals surface area contributed by atoms with Crippen molar-refractivity contribution in [3.63, 3.8) is 0 Å². The first-order chi connectivity index (χ1) is 11.6. The van der Waals surface area contributed by atoms with Crippen molar-refractivity contribution in [1.82, 2.24) is 5.32 Å². The lowest BCUT2D eigenvalue weighted by molar-refractivity contribution is -0.118. The first kappa shape index (κ1) is 16.3. The van der Waals surface area contributed by atoms with Crippen LogP contribution in [0.1, 0.15) is 16.7 Å². The number of hydrogen-bond donors (Lipinski definition) is 2. The Labute approximate surface area is 144 Å². The molecular weight excluding hydrogens is 322 g/mol. The van der Waals surface area contributed by atoms with Crippen molar-refractivity contribution < 1.29 is 9.90 Å². The smallest absolute Gasteiger partial charge is 0.239 e. The molecule has 0 saturated carbocycles. The molecule has 1 fully saturated rings. The van der Waals surface area contributed by atoms with Gasteiger partial charge >= 0.3 is 0 Å². The van der Waals surface area contributed by atoms with Crippen molar-refractivity contribution >= 4 is 29.1 Å². The zero-order valence-electron chi connectivity index (χ0n) is 13.1. The predicted octanol–water partition coefficient (Wildman–Crippen LogP) is 2.86. The first-order valence-electron chi connectivity index (χ1n) is 7.53. The molecule has 3 rings (SSSR count). The van der Waals surface area contributed by atoms with E-state index >= 15 is 0 Å². The van der Waals surface area contributed by atoms with Gasteiger partial charge in [0.15, 0.2) is 5.17 Å². The monoisotopic (exact) mass is 339 g/mol. The number of phenols is 1. The normalized spacial score (nSPS) is 19.1. The summed E-state index contributed by atoms with van der Waals surface area (Å²) in [6.45, 7) is 2.04. The third-order valence-electron chi connectivity index (χ3n) is 3.53. The average Bonchev–Trinajstić information content (AvgIpc) is 2.89. The van der Waals surface area contributed by atoms with E-state index in [1.165, 1.54) is 17.3 Å². The molecule has 1 saturated heterocycles. The van der Waals surface area contributed by atoms with Crippen molar-refractivity contribution in [2.45, 2.75) is 18.6 Å². The molecule has 0 unspecified atom stereocenters. The maximum atomic E-state index is 12.1. The molecule has 1 heterocycles. The molecule has 0 radical (unpaired) electrons. The zero-order valence-corrected chi connectivity index (χ0v) is 14.0. The second-order valence-electron chi connectivity index (χ2n) is 5.53. The standard InChI is InChI=1S/C18H17N3O2S/c1-12-3-2-4-14(9-12)10-16-17(23)20-18(24-16)21-19-11-13-5-7-15(22)8-6-13/h2-9,11,16,22H,10H2,1H3,(H,20,21,23)/b19-11+/t16-/m0/s1. The Morgan fingerprint density at radius 1 is 1.25 bits per heavy atom. The molecule has 122 valence electrons. The van der Waals surface area contributed by atoms with Crippen LogP contribution in [0, 0.1) is 6.92 Å². The Bertz CT molecular complexity index is 800. The number of phenolic OH excluding ortho intramolecular Hbond substituents is 1. The largest absolute Gasteiger partial charge is 0.508 e. The number of nitrogens with zero attached hydrogens (tertiary/aromatic N) is 2. The highest BCUT2D eigenvalue weighted by molar-refractivity contribution is 8.15. The number of benzene rings is 2. The SMILES string of the molecule is Cc1cccc(C[C@@H]2S/C(=N/N=C/c3ccc(O)cc3)NC2=O)c1. The highest BCUT2D eigenvalue weighted by Gasteiger charge is 2.30. The summed E-state index contributed by atoms with van der Waals surface area (Å²) in [4.78, 5) is 12.1. The fourth-order valence-electron chi connectivity index (χ4n) is 2.35. The molecule has 5 nitrogen and oxygen atoms in total. The molecule has 2 aromatic rings. The molecule has 0 bridgehead atoms. The van der Waals surface area contributed by atoms with Crippen LogP contribution in [0.5, 0.6) is 5.75 Å². The molecule has 6 heteroatoms. The van der Waals surface area contributed by atoms with E-state index in [0.29, 0.717) is 11.6 Å². The van der Waals surface area contributed by atoms with E-state index < -0.39 is 0 Å². The molecule has 1 aliphatic rings. The third kappa shape index (κ3) is 4.23. The van der Waals surface area contributed by atoms with Crippen LogP contribution in [0.15, 0.2) is 58.7 Å². The van der Waals surface area contributed by atoms with Crippen LogP contribution in [0.4, 0.5) is 0 Å². The Balaban J connectivity index is 1.62. The van der Waals surface area contributed by atoms with Gasteiger partial charge in [-0.25, -0.2) is 0 Å². The lowest BCUT2D eigenvalue weighted by Gasteiger charge is -2.05. The van der Waals surface area contributed by atoms with Gasteiger partial charge in [0.2, 0.25) is 5.91 Å².